The Balaban J connectivity index is 0.000000190. The Hall–Kier alpha value is -1.47. The van der Waals surface area contributed by atoms with Crippen LogP contribution in [0.25, 0.3) is 0 Å². The number of carbonyl (C=O) groups is 1. The Morgan fingerprint density at radius 3 is 2.32 bits per heavy atom. The highest BCUT2D eigenvalue weighted by atomic mass is 16.7. The van der Waals surface area contributed by atoms with Gasteiger partial charge in [0.2, 0.25) is 0 Å². The van der Waals surface area contributed by atoms with Crippen LogP contribution in [0.2, 0.25) is 0 Å². The summed E-state index contributed by atoms with van der Waals surface area (Å²) in [5.41, 5.74) is 3.57. The van der Waals surface area contributed by atoms with E-state index >= 15 is 0 Å². The summed E-state index contributed by atoms with van der Waals surface area (Å²) in [7, 11) is 0. The van der Waals surface area contributed by atoms with Crippen molar-refractivity contribution >= 4 is 5.91 Å². The number of aliphatic hydroxyl groups excluding tert-OH is 1. The van der Waals surface area contributed by atoms with E-state index in [0.29, 0.717) is 17.7 Å². The molecule has 0 aromatic heterocycles. The molecule has 2 saturated carbocycles. The normalized spacial score (nSPS) is 32.8. The number of carbonyl (C=O) groups excluding carboxylic acids is 1. The van der Waals surface area contributed by atoms with Crippen molar-refractivity contribution in [3.05, 3.63) is 35.9 Å². The number of amides is 1. The monoisotopic (exact) mass is 348 g/mol. The van der Waals surface area contributed by atoms with Crippen LogP contribution in [0.5, 0.6) is 0 Å². The molecule has 5 atom stereocenters. The van der Waals surface area contributed by atoms with Crippen molar-refractivity contribution in [3.63, 3.8) is 0 Å². The fourth-order valence-corrected chi connectivity index (χ4v) is 3.95. The molecule has 6 nitrogen and oxygen atoms in total. The van der Waals surface area contributed by atoms with Crippen LogP contribution in [0.3, 0.4) is 0 Å². The van der Waals surface area contributed by atoms with Crippen LogP contribution in [0.1, 0.15) is 57.6 Å². The molecule has 138 valence electrons. The van der Waals surface area contributed by atoms with E-state index in [9.17, 15) is 9.90 Å². The van der Waals surface area contributed by atoms with Gasteiger partial charge in [-0.2, -0.15) is 5.48 Å². The predicted molar refractivity (Wildman–Crippen MR) is 93.1 cm³/mol. The van der Waals surface area contributed by atoms with Gasteiger partial charge in [-0.3, -0.25) is 14.5 Å². The van der Waals surface area contributed by atoms with Crippen molar-refractivity contribution < 1.29 is 19.6 Å². The van der Waals surface area contributed by atoms with Gasteiger partial charge in [0.1, 0.15) is 0 Å². The number of hydroxylamine groups is 3. The molecular weight excluding hydrogens is 320 g/mol. The fraction of sp³-hybridized carbons (Fsp3) is 0.632. The third-order valence-electron chi connectivity index (χ3n) is 5.30. The lowest BCUT2D eigenvalue weighted by Gasteiger charge is -2.27. The van der Waals surface area contributed by atoms with Crippen molar-refractivity contribution in [2.75, 3.05) is 0 Å². The lowest BCUT2D eigenvalue weighted by molar-refractivity contribution is -0.207. The molecule has 1 aromatic carbocycles. The van der Waals surface area contributed by atoms with Gasteiger partial charge in [-0.1, -0.05) is 37.8 Å². The van der Waals surface area contributed by atoms with Gasteiger partial charge in [0.15, 0.2) is 6.10 Å². The highest BCUT2D eigenvalue weighted by molar-refractivity contribution is 5.81. The maximum Gasteiger partial charge on any atom is 0.279 e. The van der Waals surface area contributed by atoms with E-state index in [4.69, 9.17) is 9.68 Å². The fourth-order valence-electron chi connectivity index (χ4n) is 3.95. The largest absolute Gasteiger partial charge is 0.378 e. The van der Waals surface area contributed by atoms with Gasteiger partial charge in [-0.25, -0.2) is 5.06 Å². The standard InChI is InChI=1S/C13H15NO3.C5H9NO.CH4/c15-12(9-4-2-1-3-5-9)13(16)14-10-6-7-11(8-10)17-14;1-2-5-3-4(1)6-7-5;/h1-5,10-12,15H,6-8H2;4-6H,1-3H2;1H4/t10-,11+,12+;4-,5+;/m00./s1. The maximum atomic E-state index is 12.1. The van der Waals surface area contributed by atoms with Crippen LogP contribution >= 0.6 is 0 Å². The number of aliphatic hydroxyl groups is 1. The van der Waals surface area contributed by atoms with Crippen molar-refractivity contribution in [1.29, 1.82) is 0 Å². The number of hydrogen-bond donors (Lipinski definition) is 2. The molecule has 2 aliphatic carbocycles. The highest BCUT2D eigenvalue weighted by Crippen LogP contribution is 2.36. The minimum absolute atomic E-state index is 0. The highest BCUT2D eigenvalue weighted by Gasteiger charge is 2.43. The smallest absolute Gasteiger partial charge is 0.279 e. The number of hydrogen-bond acceptors (Lipinski definition) is 5. The summed E-state index contributed by atoms with van der Waals surface area (Å²) in [6.07, 6.45) is 6.39. The van der Waals surface area contributed by atoms with Gasteiger partial charge in [-0.15, -0.1) is 0 Å². The molecule has 1 aromatic rings. The second-order valence-electron chi connectivity index (χ2n) is 7.04. The van der Waals surface area contributed by atoms with Crippen LogP contribution in [0.4, 0.5) is 0 Å². The Morgan fingerprint density at radius 1 is 1.12 bits per heavy atom. The molecule has 1 amide bonds. The molecule has 2 aliphatic heterocycles. The molecule has 2 heterocycles. The molecule has 6 heteroatoms. The van der Waals surface area contributed by atoms with Gasteiger partial charge in [0.05, 0.1) is 18.2 Å². The van der Waals surface area contributed by atoms with E-state index in [1.807, 2.05) is 18.2 Å². The number of nitrogens with zero attached hydrogens (tertiary/aromatic N) is 1. The third-order valence-corrected chi connectivity index (χ3v) is 5.30. The van der Waals surface area contributed by atoms with Crippen LogP contribution in [-0.2, 0) is 14.5 Å². The summed E-state index contributed by atoms with van der Waals surface area (Å²) in [5.74, 6) is -0.344. The van der Waals surface area contributed by atoms with E-state index in [0.717, 1.165) is 19.3 Å². The minimum Gasteiger partial charge on any atom is -0.378 e. The van der Waals surface area contributed by atoms with E-state index in [-0.39, 0.29) is 25.5 Å². The molecule has 2 N–H and O–H groups in total. The molecule has 4 bridgehead atoms. The molecule has 4 aliphatic rings. The summed E-state index contributed by atoms with van der Waals surface area (Å²) in [6, 6.07) is 9.82. The lowest BCUT2D eigenvalue weighted by atomic mass is 10.1. The van der Waals surface area contributed by atoms with E-state index in [2.05, 4.69) is 5.48 Å². The minimum atomic E-state index is -1.12. The van der Waals surface area contributed by atoms with Gasteiger partial charge in [0.25, 0.3) is 5.91 Å². The molecule has 0 radical (unpaired) electrons. The number of fused-ring (bicyclic) bond motifs is 4. The van der Waals surface area contributed by atoms with E-state index < -0.39 is 6.10 Å². The molecule has 2 saturated heterocycles. The second-order valence-corrected chi connectivity index (χ2v) is 7.04. The predicted octanol–water partition coefficient (Wildman–Crippen LogP) is 2.49. The van der Waals surface area contributed by atoms with Crippen LogP contribution in [-0.4, -0.2) is 40.4 Å². The van der Waals surface area contributed by atoms with Gasteiger partial charge < -0.3 is 5.11 Å². The van der Waals surface area contributed by atoms with Crippen molar-refractivity contribution in [1.82, 2.24) is 10.5 Å². The van der Waals surface area contributed by atoms with Crippen LogP contribution in [0.15, 0.2) is 30.3 Å². The Kier molecular flexibility index (Phi) is 5.74. The molecule has 0 spiro atoms. The first-order chi connectivity index (χ1) is 11.7. The zero-order valence-corrected chi connectivity index (χ0v) is 13.6. The van der Waals surface area contributed by atoms with Crippen molar-refractivity contribution in [3.8, 4) is 0 Å². The first kappa shape index (κ1) is 18.3. The second kappa shape index (κ2) is 7.83. The third kappa shape index (κ3) is 3.87. The topological polar surface area (TPSA) is 71.0 Å². The molecule has 4 fully saturated rings. The average molecular weight is 348 g/mol. The lowest BCUT2D eigenvalue weighted by Crippen LogP contribution is -2.39. The zero-order valence-electron chi connectivity index (χ0n) is 13.6. The zero-order chi connectivity index (χ0) is 16.5. The summed E-state index contributed by atoms with van der Waals surface area (Å²) in [4.78, 5) is 22.7. The van der Waals surface area contributed by atoms with E-state index in [1.165, 1.54) is 24.3 Å². The molecular formula is C19H28N2O4. The maximum absolute atomic E-state index is 12.1. The summed E-state index contributed by atoms with van der Waals surface area (Å²) >= 11 is 0. The van der Waals surface area contributed by atoms with Crippen LogP contribution < -0.4 is 5.48 Å². The molecule has 25 heavy (non-hydrogen) atoms. The van der Waals surface area contributed by atoms with Gasteiger partial charge in [-0.05, 0) is 44.1 Å². The molecule has 5 rings (SSSR count). The Bertz CT molecular complexity index is 564. The first-order valence-electron chi connectivity index (χ1n) is 8.84. The summed E-state index contributed by atoms with van der Waals surface area (Å²) < 4.78 is 0. The summed E-state index contributed by atoms with van der Waals surface area (Å²) in [6.45, 7) is 0. The van der Waals surface area contributed by atoms with Crippen molar-refractivity contribution in [2.24, 2.45) is 0 Å². The van der Waals surface area contributed by atoms with E-state index in [1.54, 1.807) is 12.1 Å². The number of nitrogens with one attached hydrogen (secondary N) is 1. The average Bonchev–Trinajstić information content (AvgIpc) is 3.43. The number of benzene rings is 1. The van der Waals surface area contributed by atoms with Crippen molar-refractivity contribution in [2.45, 2.75) is 76.3 Å². The molecule has 0 unspecified atom stereocenters. The Labute approximate surface area is 149 Å². The first-order valence-corrected chi connectivity index (χ1v) is 8.84. The number of rotatable bonds is 2. The van der Waals surface area contributed by atoms with Gasteiger partial charge in [0, 0.05) is 6.04 Å². The van der Waals surface area contributed by atoms with Gasteiger partial charge >= 0.3 is 0 Å². The summed E-state index contributed by atoms with van der Waals surface area (Å²) in [5, 5.41) is 11.4. The Morgan fingerprint density at radius 2 is 1.88 bits per heavy atom. The van der Waals surface area contributed by atoms with Crippen LogP contribution in [0, 0.1) is 0 Å². The SMILES string of the molecule is C.C1C[C@@H]2C[C@H]1NO2.O=C([C@H](O)c1ccccc1)N1O[C@@H]2CC[C@H]1C2. The quantitative estimate of drug-likeness (QED) is 0.859.